The van der Waals surface area contributed by atoms with E-state index in [2.05, 4.69) is 53.0 Å². The zero-order valence-corrected chi connectivity index (χ0v) is 13.7. The van der Waals surface area contributed by atoms with E-state index in [1.807, 2.05) is 12.3 Å². The number of aromatic amines is 1. The molecule has 0 saturated carbocycles. The van der Waals surface area contributed by atoms with Crippen LogP contribution in [0, 0.1) is 13.8 Å². The van der Waals surface area contributed by atoms with E-state index in [0.717, 1.165) is 29.9 Å². The normalized spacial score (nSPS) is 18.8. The Kier molecular flexibility index (Phi) is 3.62. The first-order chi connectivity index (χ1) is 11.2. The van der Waals surface area contributed by atoms with Crippen molar-refractivity contribution in [2.45, 2.75) is 39.3 Å². The van der Waals surface area contributed by atoms with Gasteiger partial charge in [0.1, 0.15) is 5.82 Å². The number of nitrogens with zero attached hydrogens (tertiary/aromatic N) is 3. The molecule has 0 radical (unpaired) electrons. The van der Waals surface area contributed by atoms with Crippen LogP contribution >= 0.6 is 0 Å². The van der Waals surface area contributed by atoms with Crippen LogP contribution in [0.4, 0.5) is 0 Å². The minimum atomic E-state index is 0.409. The fourth-order valence-electron chi connectivity index (χ4n) is 3.56. The molecule has 4 heteroatoms. The van der Waals surface area contributed by atoms with Crippen LogP contribution in [-0.4, -0.2) is 26.4 Å². The second-order valence-electron chi connectivity index (χ2n) is 6.47. The molecule has 3 aromatic rings. The first-order valence-corrected chi connectivity index (χ1v) is 8.32. The maximum absolute atomic E-state index is 4.85. The molecular weight excluding hydrogens is 284 g/mol. The second kappa shape index (κ2) is 5.78. The predicted octanol–water partition coefficient (Wildman–Crippen LogP) is 3.91. The third-order valence-electron chi connectivity index (χ3n) is 4.97. The van der Waals surface area contributed by atoms with Crippen molar-refractivity contribution in [1.82, 2.24) is 19.9 Å². The average molecular weight is 306 g/mol. The summed E-state index contributed by atoms with van der Waals surface area (Å²) in [5.41, 5.74) is 5.98. The number of likely N-dealkylation sites (tertiary alicyclic amines) is 1. The zero-order valence-electron chi connectivity index (χ0n) is 13.7. The zero-order chi connectivity index (χ0) is 15.8. The molecule has 1 saturated heterocycles. The minimum Gasteiger partial charge on any atom is -0.341 e. The van der Waals surface area contributed by atoms with Crippen molar-refractivity contribution < 1.29 is 0 Å². The molecule has 0 aliphatic carbocycles. The van der Waals surface area contributed by atoms with Crippen LogP contribution in [-0.2, 0) is 6.54 Å². The Balaban J connectivity index is 1.61. The van der Waals surface area contributed by atoms with E-state index in [0.29, 0.717) is 6.04 Å². The molecule has 0 unspecified atom stereocenters. The highest BCUT2D eigenvalue weighted by Gasteiger charge is 2.27. The first kappa shape index (κ1) is 14.4. The highest BCUT2D eigenvalue weighted by Crippen LogP contribution is 2.32. The number of hydrogen-bond acceptors (Lipinski definition) is 3. The van der Waals surface area contributed by atoms with Crippen LogP contribution in [0.1, 0.15) is 41.5 Å². The third-order valence-corrected chi connectivity index (χ3v) is 4.97. The third kappa shape index (κ3) is 2.63. The van der Waals surface area contributed by atoms with Gasteiger partial charge in [-0.2, -0.15) is 0 Å². The highest BCUT2D eigenvalue weighted by molar-refractivity contribution is 5.79. The summed E-state index contributed by atoms with van der Waals surface area (Å²) >= 11 is 0. The molecule has 1 atom stereocenters. The molecule has 4 nitrogen and oxygen atoms in total. The number of aromatic nitrogens is 3. The molecule has 2 aromatic heterocycles. The molecule has 4 rings (SSSR count). The van der Waals surface area contributed by atoms with Crippen LogP contribution in [0.5, 0.6) is 0 Å². The van der Waals surface area contributed by atoms with Gasteiger partial charge in [0.25, 0.3) is 0 Å². The number of pyridine rings is 1. The van der Waals surface area contributed by atoms with Gasteiger partial charge in [-0.25, -0.2) is 4.98 Å². The SMILES string of the molecule is Cc1ccc2[nH]c(CN3CCC[C@H]3c3ccccn3)nc2c1C. The fourth-order valence-corrected chi connectivity index (χ4v) is 3.56. The largest absolute Gasteiger partial charge is 0.341 e. The lowest BCUT2D eigenvalue weighted by molar-refractivity contribution is 0.239. The summed E-state index contributed by atoms with van der Waals surface area (Å²) in [6.45, 7) is 6.25. The number of H-pyrrole nitrogens is 1. The summed E-state index contributed by atoms with van der Waals surface area (Å²) in [4.78, 5) is 15.4. The standard InChI is InChI=1S/C19H22N4/c1-13-8-9-16-19(14(13)2)22-18(21-16)12-23-11-5-7-17(23)15-6-3-4-10-20-15/h3-4,6,8-10,17H,5,7,11-12H2,1-2H3,(H,21,22)/t17-/m0/s1. The topological polar surface area (TPSA) is 44.8 Å². The van der Waals surface area contributed by atoms with Crippen molar-refractivity contribution in [3.05, 3.63) is 59.2 Å². The molecule has 1 aliphatic rings. The molecule has 1 N–H and O–H groups in total. The van der Waals surface area contributed by atoms with E-state index >= 15 is 0 Å². The molecule has 0 amide bonds. The monoisotopic (exact) mass is 306 g/mol. The van der Waals surface area contributed by atoms with E-state index in [4.69, 9.17) is 4.98 Å². The molecule has 1 aromatic carbocycles. The van der Waals surface area contributed by atoms with E-state index in [1.54, 1.807) is 0 Å². The number of rotatable bonds is 3. The van der Waals surface area contributed by atoms with Gasteiger partial charge in [-0.15, -0.1) is 0 Å². The van der Waals surface area contributed by atoms with Gasteiger partial charge in [0.2, 0.25) is 0 Å². The number of fused-ring (bicyclic) bond motifs is 1. The van der Waals surface area contributed by atoms with E-state index < -0.39 is 0 Å². The van der Waals surface area contributed by atoms with Gasteiger partial charge in [0.15, 0.2) is 0 Å². The quantitative estimate of drug-likeness (QED) is 0.798. The van der Waals surface area contributed by atoms with Gasteiger partial charge in [-0.1, -0.05) is 12.1 Å². The van der Waals surface area contributed by atoms with Crippen LogP contribution in [0.25, 0.3) is 11.0 Å². The van der Waals surface area contributed by atoms with Gasteiger partial charge >= 0.3 is 0 Å². The fraction of sp³-hybridized carbons (Fsp3) is 0.368. The summed E-state index contributed by atoms with van der Waals surface area (Å²) in [5.74, 6) is 1.05. The summed E-state index contributed by atoms with van der Waals surface area (Å²) in [6, 6.07) is 10.9. The maximum atomic E-state index is 4.85. The van der Waals surface area contributed by atoms with E-state index in [-0.39, 0.29) is 0 Å². The average Bonchev–Trinajstić information content (AvgIpc) is 3.19. The van der Waals surface area contributed by atoms with Gasteiger partial charge in [-0.05, 0) is 62.6 Å². The van der Waals surface area contributed by atoms with Gasteiger partial charge in [-0.3, -0.25) is 9.88 Å². The molecule has 118 valence electrons. The van der Waals surface area contributed by atoms with Crippen molar-refractivity contribution in [2.24, 2.45) is 0 Å². The van der Waals surface area contributed by atoms with Crippen molar-refractivity contribution in [3.63, 3.8) is 0 Å². The Morgan fingerprint density at radius 3 is 2.96 bits per heavy atom. The lowest BCUT2D eigenvalue weighted by Gasteiger charge is -2.22. The van der Waals surface area contributed by atoms with Crippen molar-refractivity contribution >= 4 is 11.0 Å². The number of benzene rings is 1. The molecular formula is C19H22N4. The van der Waals surface area contributed by atoms with Gasteiger partial charge in [0, 0.05) is 6.20 Å². The smallest absolute Gasteiger partial charge is 0.121 e. The second-order valence-corrected chi connectivity index (χ2v) is 6.47. The lowest BCUT2D eigenvalue weighted by atomic mass is 10.1. The Labute approximate surface area is 136 Å². The van der Waals surface area contributed by atoms with Crippen LogP contribution in [0.3, 0.4) is 0 Å². The lowest BCUT2D eigenvalue weighted by Crippen LogP contribution is -2.24. The predicted molar refractivity (Wildman–Crippen MR) is 92.2 cm³/mol. The number of aryl methyl sites for hydroxylation is 2. The number of imidazole rings is 1. The molecule has 0 bridgehead atoms. The first-order valence-electron chi connectivity index (χ1n) is 8.32. The summed E-state index contributed by atoms with van der Waals surface area (Å²) in [5, 5.41) is 0. The van der Waals surface area contributed by atoms with Crippen molar-refractivity contribution in [2.75, 3.05) is 6.54 Å². The Morgan fingerprint density at radius 2 is 2.13 bits per heavy atom. The van der Waals surface area contributed by atoms with Crippen molar-refractivity contribution in [3.8, 4) is 0 Å². The minimum absolute atomic E-state index is 0.409. The van der Waals surface area contributed by atoms with Gasteiger partial charge < -0.3 is 4.98 Å². The number of hydrogen-bond donors (Lipinski definition) is 1. The van der Waals surface area contributed by atoms with E-state index in [1.165, 1.54) is 29.7 Å². The number of nitrogens with one attached hydrogen (secondary N) is 1. The van der Waals surface area contributed by atoms with Crippen LogP contribution in [0.15, 0.2) is 36.5 Å². The summed E-state index contributed by atoms with van der Waals surface area (Å²) in [7, 11) is 0. The van der Waals surface area contributed by atoms with Crippen LogP contribution in [0.2, 0.25) is 0 Å². The molecule has 1 fully saturated rings. The molecule has 0 spiro atoms. The Morgan fingerprint density at radius 1 is 1.22 bits per heavy atom. The molecule has 23 heavy (non-hydrogen) atoms. The summed E-state index contributed by atoms with van der Waals surface area (Å²) in [6.07, 6.45) is 4.29. The Bertz CT molecular complexity index is 822. The maximum Gasteiger partial charge on any atom is 0.121 e. The van der Waals surface area contributed by atoms with Gasteiger partial charge in [0.05, 0.1) is 29.3 Å². The van der Waals surface area contributed by atoms with E-state index in [9.17, 15) is 0 Å². The summed E-state index contributed by atoms with van der Waals surface area (Å²) < 4.78 is 0. The highest BCUT2D eigenvalue weighted by atomic mass is 15.2. The Hall–Kier alpha value is -2.20. The molecule has 3 heterocycles. The van der Waals surface area contributed by atoms with Crippen molar-refractivity contribution in [1.29, 1.82) is 0 Å². The van der Waals surface area contributed by atoms with Crippen LogP contribution < -0.4 is 0 Å². The molecule has 1 aliphatic heterocycles.